The Morgan fingerprint density at radius 1 is 1.54 bits per heavy atom. The zero-order chi connectivity index (χ0) is 10.4. The van der Waals surface area contributed by atoms with E-state index in [2.05, 4.69) is 4.99 Å². The molecule has 3 nitrogen and oxygen atoms in total. The van der Waals surface area contributed by atoms with Gasteiger partial charge in [0, 0.05) is 18.2 Å². The van der Waals surface area contributed by atoms with Gasteiger partial charge in [-0.25, -0.2) is 4.39 Å². The van der Waals surface area contributed by atoms with Gasteiger partial charge in [0.15, 0.2) is 0 Å². The summed E-state index contributed by atoms with van der Waals surface area (Å²) in [5, 5.41) is 0. The molecule has 0 aliphatic carbocycles. The first-order chi connectivity index (χ1) is 6.02. The maximum Gasteiger partial charge on any atom is 0.132 e. The van der Waals surface area contributed by atoms with E-state index in [1.807, 2.05) is 13.8 Å². The van der Waals surface area contributed by atoms with Crippen molar-refractivity contribution < 1.29 is 4.39 Å². The van der Waals surface area contributed by atoms with Gasteiger partial charge in [0.2, 0.25) is 0 Å². The van der Waals surface area contributed by atoms with Crippen molar-refractivity contribution >= 4 is 5.71 Å². The fraction of sp³-hybridized carbons (Fsp3) is 0.889. The van der Waals surface area contributed by atoms with Crippen LogP contribution in [0.5, 0.6) is 0 Å². The smallest absolute Gasteiger partial charge is 0.132 e. The number of nitrogens with two attached hydrogens (primary N) is 2. The number of aliphatic imine (C=N–C) groups is 1. The van der Waals surface area contributed by atoms with Gasteiger partial charge < -0.3 is 11.5 Å². The van der Waals surface area contributed by atoms with Crippen LogP contribution in [0.4, 0.5) is 4.39 Å². The quantitative estimate of drug-likeness (QED) is 0.635. The van der Waals surface area contributed by atoms with Crippen LogP contribution in [0.3, 0.4) is 0 Å². The molecule has 0 radical (unpaired) electrons. The third-order valence-corrected chi connectivity index (χ3v) is 2.19. The van der Waals surface area contributed by atoms with Crippen LogP contribution in [-0.2, 0) is 0 Å². The standard InChI is InChI=1S/C9H20FN3/c1-4-8(5-11)7(3)13-9(12)6(2)10/h6,8-9H,4-5,11-12H2,1-3H3/b13-7+/t6?,8-,9-/m1/s1. The van der Waals surface area contributed by atoms with Gasteiger partial charge in [-0.2, -0.15) is 0 Å². The summed E-state index contributed by atoms with van der Waals surface area (Å²) in [6, 6.07) is 0. The molecule has 4 heteroatoms. The zero-order valence-corrected chi connectivity index (χ0v) is 8.63. The van der Waals surface area contributed by atoms with Crippen molar-refractivity contribution in [3.8, 4) is 0 Å². The maximum absolute atomic E-state index is 12.7. The van der Waals surface area contributed by atoms with E-state index in [1.165, 1.54) is 6.92 Å². The Bertz CT molecular complexity index is 164. The van der Waals surface area contributed by atoms with E-state index in [1.54, 1.807) is 0 Å². The molecule has 1 unspecified atom stereocenters. The monoisotopic (exact) mass is 189 g/mol. The molecule has 0 aromatic rings. The number of halogens is 1. The number of hydrogen-bond donors (Lipinski definition) is 2. The minimum Gasteiger partial charge on any atom is -0.330 e. The molecular weight excluding hydrogens is 169 g/mol. The summed E-state index contributed by atoms with van der Waals surface area (Å²) >= 11 is 0. The number of rotatable bonds is 5. The van der Waals surface area contributed by atoms with Crippen LogP contribution in [0.25, 0.3) is 0 Å². The van der Waals surface area contributed by atoms with Gasteiger partial charge in [-0.1, -0.05) is 6.92 Å². The maximum atomic E-state index is 12.7. The van der Waals surface area contributed by atoms with Gasteiger partial charge >= 0.3 is 0 Å². The van der Waals surface area contributed by atoms with Gasteiger partial charge in [-0.15, -0.1) is 0 Å². The highest BCUT2D eigenvalue weighted by Crippen LogP contribution is 2.06. The molecule has 0 aromatic heterocycles. The van der Waals surface area contributed by atoms with Crippen LogP contribution in [0.15, 0.2) is 4.99 Å². The molecule has 0 saturated carbocycles. The summed E-state index contributed by atoms with van der Waals surface area (Å²) < 4.78 is 12.7. The highest BCUT2D eigenvalue weighted by molar-refractivity contribution is 5.84. The van der Waals surface area contributed by atoms with Crippen molar-refractivity contribution in [1.82, 2.24) is 0 Å². The average Bonchev–Trinajstić information content (AvgIpc) is 2.06. The lowest BCUT2D eigenvalue weighted by molar-refractivity contribution is 0.310. The second kappa shape index (κ2) is 6.05. The molecule has 0 aliphatic rings. The van der Waals surface area contributed by atoms with Crippen molar-refractivity contribution in [3.63, 3.8) is 0 Å². The highest BCUT2D eigenvalue weighted by atomic mass is 19.1. The van der Waals surface area contributed by atoms with Gasteiger partial charge in [-0.05, 0) is 20.3 Å². The van der Waals surface area contributed by atoms with Gasteiger partial charge in [-0.3, -0.25) is 4.99 Å². The lowest BCUT2D eigenvalue weighted by Crippen LogP contribution is -2.31. The Labute approximate surface area is 79.4 Å². The van der Waals surface area contributed by atoms with Crippen LogP contribution in [0.2, 0.25) is 0 Å². The van der Waals surface area contributed by atoms with Crippen molar-refractivity contribution in [2.24, 2.45) is 22.4 Å². The summed E-state index contributed by atoms with van der Waals surface area (Å²) in [5.74, 6) is 0.227. The summed E-state index contributed by atoms with van der Waals surface area (Å²) in [6.45, 7) is 5.83. The van der Waals surface area contributed by atoms with E-state index < -0.39 is 12.3 Å². The first-order valence-electron chi connectivity index (χ1n) is 4.66. The summed E-state index contributed by atoms with van der Waals surface area (Å²) in [7, 11) is 0. The average molecular weight is 189 g/mol. The Morgan fingerprint density at radius 2 is 2.08 bits per heavy atom. The van der Waals surface area contributed by atoms with E-state index in [9.17, 15) is 4.39 Å². The number of hydrogen-bond acceptors (Lipinski definition) is 3. The van der Waals surface area contributed by atoms with Crippen LogP contribution >= 0.6 is 0 Å². The summed E-state index contributed by atoms with van der Waals surface area (Å²) in [6.07, 6.45) is -0.940. The largest absolute Gasteiger partial charge is 0.330 e. The number of alkyl halides is 1. The predicted molar refractivity (Wildman–Crippen MR) is 54.5 cm³/mol. The molecule has 0 aromatic carbocycles. The molecule has 0 saturated heterocycles. The van der Waals surface area contributed by atoms with Crippen molar-refractivity contribution in [2.45, 2.75) is 39.5 Å². The predicted octanol–water partition coefficient (Wildman–Crippen LogP) is 1.07. The fourth-order valence-corrected chi connectivity index (χ4v) is 1.08. The van der Waals surface area contributed by atoms with Crippen molar-refractivity contribution in [1.29, 1.82) is 0 Å². The van der Waals surface area contributed by atoms with Gasteiger partial charge in [0.05, 0.1) is 0 Å². The van der Waals surface area contributed by atoms with Gasteiger partial charge in [0.1, 0.15) is 12.3 Å². The minimum absolute atomic E-state index is 0.227. The SMILES string of the molecule is CC[C@H](CN)/C(C)=N/[C@@H](N)C(C)F. The van der Waals surface area contributed by atoms with E-state index in [0.29, 0.717) is 6.54 Å². The molecule has 0 heterocycles. The minimum atomic E-state index is -1.11. The van der Waals surface area contributed by atoms with Crippen LogP contribution in [0, 0.1) is 5.92 Å². The van der Waals surface area contributed by atoms with E-state index >= 15 is 0 Å². The molecule has 0 aliphatic heterocycles. The van der Waals surface area contributed by atoms with Crippen LogP contribution in [-0.4, -0.2) is 24.6 Å². The molecule has 3 atom stereocenters. The molecule has 0 fully saturated rings. The lowest BCUT2D eigenvalue weighted by atomic mass is 10.0. The highest BCUT2D eigenvalue weighted by Gasteiger charge is 2.12. The summed E-state index contributed by atoms with van der Waals surface area (Å²) in [5.41, 5.74) is 11.8. The third kappa shape index (κ3) is 4.33. The molecule has 0 spiro atoms. The fourth-order valence-electron chi connectivity index (χ4n) is 1.08. The molecule has 0 bridgehead atoms. The molecule has 4 N–H and O–H groups in total. The number of nitrogens with zero attached hydrogens (tertiary/aromatic N) is 1. The third-order valence-electron chi connectivity index (χ3n) is 2.19. The molecule has 78 valence electrons. The lowest BCUT2D eigenvalue weighted by Gasteiger charge is -2.15. The Morgan fingerprint density at radius 3 is 2.38 bits per heavy atom. The van der Waals surface area contributed by atoms with Gasteiger partial charge in [0.25, 0.3) is 0 Å². The van der Waals surface area contributed by atoms with E-state index in [0.717, 1.165) is 12.1 Å². The summed E-state index contributed by atoms with van der Waals surface area (Å²) in [4.78, 5) is 4.06. The molecular formula is C9H20FN3. The zero-order valence-electron chi connectivity index (χ0n) is 8.63. The van der Waals surface area contributed by atoms with Crippen LogP contribution < -0.4 is 11.5 Å². The Kier molecular flexibility index (Phi) is 5.82. The van der Waals surface area contributed by atoms with E-state index in [-0.39, 0.29) is 5.92 Å². The molecule has 0 rings (SSSR count). The molecule has 0 amide bonds. The topological polar surface area (TPSA) is 64.4 Å². The Hall–Kier alpha value is -0.480. The second-order valence-corrected chi connectivity index (χ2v) is 3.28. The van der Waals surface area contributed by atoms with Crippen molar-refractivity contribution in [2.75, 3.05) is 6.54 Å². The first kappa shape index (κ1) is 12.5. The van der Waals surface area contributed by atoms with E-state index in [4.69, 9.17) is 11.5 Å². The van der Waals surface area contributed by atoms with Crippen LogP contribution in [0.1, 0.15) is 27.2 Å². The second-order valence-electron chi connectivity index (χ2n) is 3.28. The first-order valence-corrected chi connectivity index (χ1v) is 4.66. The molecule has 13 heavy (non-hydrogen) atoms. The normalized spacial score (nSPS) is 19.7. The van der Waals surface area contributed by atoms with Crippen molar-refractivity contribution in [3.05, 3.63) is 0 Å². The Balaban J connectivity index is 4.28.